The topological polar surface area (TPSA) is 107 Å². The standard InChI is InChI=1S/C28H33ClN4O5/c1-17(34)33-10-6-19(7-11-33)28(36,23-15-30-16-32(23)2)20-4-5-22-21(14-20)25(29)24(27(31-22)37-3)26(35)18-8-12-38-13-9-18/h4-5,14-16,18-19,36H,6-13H2,1-3H3. The van der Waals surface area contributed by atoms with Crippen LogP contribution in [0, 0.1) is 11.8 Å². The quantitative estimate of drug-likeness (QED) is 0.475. The molecule has 202 valence electrons. The number of rotatable bonds is 6. The van der Waals surface area contributed by atoms with E-state index in [1.54, 1.807) is 25.5 Å². The Morgan fingerprint density at radius 2 is 1.89 bits per heavy atom. The van der Waals surface area contributed by atoms with Crippen LogP contribution in [-0.2, 0) is 22.2 Å². The average molecular weight is 541 g/mol. The van der Waals surface area contributed by atoms with Gasteiger partial charge in [0.15, 0.2) is 5.78 Å². The number of likely N-dealkylation sites (tertiary alicyclic amines) is 1. The van der Waals surface area contributed by atoms with Gasteiger partial charge >= 0.3 is 0 Å². The van der Waals surface area contributed by atoms with Crippen molar-refractivity contribution in [1.29, 1.82) is 0 Å². The number of aliphatic hydroxyl groups is 1. The molecule has 5 rings (SSSR count). The van der Waals surface area contributed by atoms with E-state index in [9.17, 15) is 14.7 Å². The summed E-state index contributed by atoms with van der Waals surface area (Å²) in [5, 5.41) is 13.3. The first kappa shape index (κ1) is 26.6. The molecule has 2 aromatic heterocycles. The summed E-state index contributed by atoms with van der Waals surface area (Å²) in [6.45, 7) is 3.76. The van der Waals surface area contributed by atoms with Gasteiger partial charge in [-0.05, 0) is 43.4 Å². The number of piperidine rings is 1. The number of hydrogen-bond acceptors (Lipinski definition) is 7. The average Bonchev–Trinajstić information content (AvgIpc) is 3.38. The van der Waals surface area contributed by atoms with E-state index in [2.05, 4.69) is 9.97 Å². The zero-order valence-electron chi connectivity index (χ0n) is 21.9. The first-order chi connectivity index (χ1) is 18.3. The number of aromatic nitrogens is 3. The molecule has 0 aliphatic carbocycles. The number of fused-ring (bicyclic) bond motifs is 1. The molecular weight excluding hydrogens is 508 g/mol. The van der Waals surface area contributed by atoms with Crippen molar-refractivity contribution in [2.24, 2.45) is 18.9 Å². The number of ketones is 1. The molecule has 4 heterocycles. The van der Waals surface area contributed by atoms with E-state index in [0.29, 0.717) is 74.1 Å². The highest BCUT2D eigenvalue weighted by molar-refractivity contribution is 6.39. The second-order valence-corrected chi connectivity index (χ2v) is 10.6. The number of ether oxygens (including phenoxy) is 2. The van der Waals surface area contributed by atoms with E-state index in [4.69, 9.17) is 21.1 Å². The normalized spacial score (nSPS) is 18.9. The number of halogens is 1. The molecule has 0 radical (unpaired) electrons. The second kappa shape index (κ2) is 10.6. The summed E-state index contributed by atoms with van der Waals surface area (Å²) in [5.41, 5.74) is 0.723. The number of benzene rings is 1. The molecule has 3 aromatic rings. The highest BCUT2D eigenvalue weighted by Gasteiger charge is 2.44. The van der Waals surface area contributed by atoms with Gasteiger partial charge in [-0.25, -0.2) is 9.97 Å². The maximum atomic E-state index is 13.5. The van der Waals surface area contributed by atoms with Crippen LogP contribution < -0.4 is 4.74 Å². The number of Topliss-reactive ketones (excluding diaryl/α,β-unsaturated/α-hetero) is 1. The van der Waals surface area contributed by atoms with Crippen LogP contribution in [0.15, 0.2) is 30.7 Å². The first-order valence-corrected chi connectivity index (χ1v) is 13.4. The van der Waals surface area contributed by atoms with E-state index < -0.39 is 5.60 Å². The third kappa shape index (κ3) is 4.57. The van der Waals surface area contributed by atoms with Crippen LogP contribution in [0.3, 0.4) is 0 Å². The van der Waals surface area contributed by atoms with Crippen LogP contribution in [-0.4, -0.2) is 69.6 Å². The molecular formula is C28H33ClN4O5. The molecule has 1 aromatic carbocycles. The van der Waals surface area contributed by atoms with Crippen LogP contribution in [0.4, 0.5) is 0 Å². The Morgan fingerprint density at radius 1 is 1.18 bits per heavy atom. The minimum atomic E-state index is -1.39. The van der Waals surface area contributed by atoms with Crippen LogP contribution >= 0.6 is 11.6 Å². The molecule has 1 N–H and O–H groups in total. The van der Waals surface area contributed by atoms with Crippen LogP contribution in [0.2, 0.25) is 5.02 Å². The molecule has 10 heteroatoms. The van der Waals surface area contributed by atoms with Crippen LogP contribution in [0.25, 0.3) is 10.9 Å². The Balaban J connectivity index is 1.62. The molecule has 2 saturated heterocycles. The zero-order valence-corrected chi connectivity index (χ0v) is 22.7. The summed E-state index contributed by atoms with van der Waals surface area (Å²) in [4.78, 5) is 36.2. The largest absolute Gasteiger partial charge is 0.480 e. The number of carbonyl (C=O) groups excluding carboxylic acids is 2. The second-order valence-electron chi connectivity index (χ2n) is 10.2. The zero-order chi connectivity index (χ0) is 27.0. The number of nitrogens with zero attached hydrogens (tertiary/aromatic N) is 4. The minimum Gasteiger partial charge on any atom is -0.480 e. The Hall–Kier alpha value is -3.01. The van der Waals surface area contributed by atoms with Crippen molar-refractivity contribution < 1.29 is 24.2 Å². The molecule has 1 atom stereocenters. The van der Waals surface area contributed by atoms with E-state index in [-0.39, 0.29) is 40.0 Å². The van der Waals surface area contributed by atoms with E-state index in [1.165, 1.54) is 7.11 Å². The predicted octanol–water partition coefficient (Wildman–Crippen LogP) is 3.73. The van der Waals surface area contributed by atoms with Gasteiger partial charge in [-0.2, -0.15) is 0 Å². The number of hydrogen-bond donors (Lipinski definition) is 1. The number of pyridine rings is 1. The van der Waals surface area contributed by atoms with E-state index >= 15 is 0 Å². The first-order valence-electron chi connectivity index (χ1n) is 13.0. The summed E-state index contributed by atoms with van der Waals surface area (Å²) in [5.74, 6) is -0.250. The van der Waals surface area contributed by atoms with Crippen molar-refractivity contribution >= 4 is 34.2 Å². The van der Waals surface area contributed by atoms with Crippen molar-refractivity contribution in [2.45, 2.75) is 38.2 Å². The van der Waals surface area contributed by atoms with Crippen molar-refractivity contribution in [3.05, 3.63) is 52.6 Å². The summed E-state index contributed by atoms with van der Waals surface area (Å²) in [7, 11) is 3.33. The van der Waals surface area contributed by atoms with Gasteiger partial charge in [-0.15, -0.1) is 0 Å². The molecule has 1 unspecified atom stereocenters. The van der Waals surface area contributed by atoms with Crippen LogP contribution in [0.1, 0.15) is 54.2 Å². The van der Waals surface area contributed by atoms with E-state index in [0.717, 1.165) is 0 Å². The fourth-order valence-electron chi connectivity index (χ4n) is 5.89. The molecule has 1 amide bonds. The Kier molecular flexibility index (Phi) is 7.44. The molecule has 2 aliphatic heterocycles. The highest BCUT2D eigenvalue weighted by Crippen LogP contribution is 2.44. The Labute approximate surface area is 226 Å². The number of aryl methyl sites for hydroxylation is 1. The van der Waals surface area contributed by atoms with Gasteiger partial charge in [0.05, 0.1) is 41.4 Å². The summed E-state index contributed by atoms with van der Waals surface area (Å²) in [6.07, 6.45) is 5.83. The number of amides is 1. The van der Waals surface area contributed by atoms with Crippen LogP contribution in [0.5, 0.6) is 5.88 Å². The molecule has 0 spiro atoms. The summed E-state index contributed by atoms with van der Waals surface area (Å²) >= 11 is 6.94. The molecule has 0 bridgehead atoms. The smallest absolute Gasteiger partial charge is 0.226 e. The lowest BCUT2D eigenvalue weighted by atomic mass is 9.73. The van der Waals surface area contributed by atoms with Gasteiger partial charge in [-0.1, -0.05) is 17.7 Å². The molecule has 0 saturated carbocycles. The molecule has 38 heavy (non-hydrogen) atoms. The van der Waals surface area contributed by atoms with Gasteiger partial charge in [0.2, 0.25) is 11.8 Å². The minimum absolute atomic E-state index is 0.0340. The van der Waals surface area contributed by atoms with Crippen molar-refractivity contribution in [3.63, 3.8) is 0 Å². The van der Waals surface area contributed by atoms with Gasteiger partial charge in [0, 0.05) is 57.5 Å². The van der Waals surface area contributed by atoms with Crippen molar-refractivity contribution in [3.8, 4) is 5.88 Å². The third-order valence-corrected chi connectivity index (χ3v) is 8.49. The van der Waals surface area contributed by atoms with Gasteiger partial charge in [0.1, 0.15) is 5.60 Å². The molecule has 2 fully saturated rings. The van der Waals surface area contributed by atoms with Gasteiger partial charge in [0.25, 0.3) is 0 Å². The lowest BCUT2D eigenvalue weighted by Crippen LogP contribution is -2.46. The summed E-state index contributed by atoms with van der Waals surface area (Å²) < 4.78 is 12.7. The van der Waals surface area contributed by atoms with Crippen molar-refractivity contribution in [1.82, 2.24) is 19.4 Å². The number of imidazole rings is 1. The lowest BCUT2D eigenvalue weighted by molar-refractivity contribution is -0.131. The number of methoxy groups -OCH3 is 1. The Bertz CT molecular complexity index is 1360. The summed E-state index contributed by atoms with van der Waals surface area (Å²) in [6, 6.07) is 5.47. The highest BCUT2D eigenvalue weighted by atomic mass is 35.5. The fourth-order valence-corrected chi connectivity index (χ4v) is 6.22. The number of carbonyl (C=O) groups is 2. The fraction of sp³-hybridized carbons (Fsp3) is 0.500. The molecule has 2 aliphatic rings. The third-order valence-electron chi connectivity index (χ3n) is 8.10. The maximum Gasteiger partial charge on any atom is 0.226 e. The monoisotopic (exact) mass is 540 g/mol. The predicted molar refractivity (Wildman–Crippen MR) is 142 cm³/mol. The SMILES string of the molecule is COc1nc2ccc(C(O)(c3cncn3C)C3CCN(C(C)=O)CC3)cc2c(Cl)c1C(=O)C1CCOCC1. The molecule has 9 nitrogen and oxygen atoms in total. The Morgan fingerprint density at radius 3 is 2.50 bits per heavy atom. The maximum absolute atomic E-state index is 13.5. The lowest BCUT2D eigenvalue weighted by Gasteiger charge is -2.42. The van der Waals surface area contributed by atoms with Gasteiger partial charge < -0.3 is 24.0 Å². The van der Waals surface area contributed by atoms with Gasteiger partial charge in [-0.3, -0.25) is 9.59 Å². The van der Waals surface area contributed by atoms with E-state index in [1.807, 2.05) is 28.6 Å². The van der Waals surface area contributed by atoms with Crippen molar-refractivity contribution in [2.75, 3.05) is 33.4 Å².